The number of piperazine rings is 1. The molecule has 2 fully saturated rings. The fourth-order valence-corrected chi connectivity index (χ4v) is 6.36. The van der Waals surface area contributed by atoms with Gasteiger partial charge in [-0.25, -0.2) is 4.39 Å². The number of benzene rings is 3. The maximum absolute atomic E-state index is 13.6. The van der Waals surface area contributed by atoms with Crippen molar-refractivity contribution in [2.75, 3.05) is 65.8 Å². The summed E-state index contributed by atoms with van der Waals surface area (Å²) in [5.41, 5.74) is 5.28. The van der Waals surface area contributed by atoms with Crippen LogP contribution in [-0.4, -0.2) is 92.4 Å². The van der Waals surface area contributed by atoms with Crippen LogP contribution in [0.25, 0.3) is 0 Å². The van der Waals surface area contributed by atoms with Crippen molar-refractivity contribution < 1.29 is 23.4 Å². The molecule has 6 rings (SSSR count). The summed E-state index contributed by atoms with van der Waals surface area (Å²) in [6.07, 6.45) is 2.79. The van der Waals surface area contributed by atoms with Crippen molar-refractivity contribution in [2.24, 2.45) is 0 Å². The lowest BCUT2D eigenvalue weighted by Gasteiger charge is -2.35. The number of rotatable bonds is 4. The Morgan fingerprint density at radius 3 is 2.37 bits per heavy atom. The second kappa shape index (κ2) is 14.4. The number of nitrogens with zero attached hydrogens (tertiary/aromatic N) is 3. The standard InChI is InChI=1S/C35H42FN3O4/c36-32-7-4-27(5-8-32)25-37-12-14-38(15-13-37)35(40)30-6-9-34-31(24-30)23-28-2-1-3-29(22-28)26-39(16-19-42-20-21-43-34)33-10-17-41-18-11-33/h1-9,22,24,33H,10-21,23,25-26H2. The Balaban J connectivity index is 1.14. The summed E-state index contributed by atoms with van der Waals surface area (Å²) in [7, 11) is 0. The van der Waals surface area contributed by atoms with E-state index in [0.717, 1.165) is 75.7 Å². The predicted molar refractivity (Wildman–Crippen MR) is 164 cm³/mol. The maximum atomic E-state index is 13.6. The molecule has 0 N–H and O–H groups in total. The zero-order valence-corrected chi connectivity index (χ0v) is 24.9. The van der Waals surface area contributed by atoms with Crippen LogP contribution in [0.15, 0.2) is 66.7 Å². The zero-order valence-electron chi connectivity index (χ0n) is 24.9. The molecule has 1 amide bonds. The molecule has 2 saturated heterocycles. The molecule has 0 radical (unpaired) electrons. The summed E-state index contributed by atoms with van der Waals surface area (Å²) in [4.78, 5) is 20.4. The number of ether oxygens (including phenoxy) is 3. The number of carbonyl (C=O) groups is 1. The van der Waals surface area contributed by atoms with E-state index in [2.05, 4.69) is 34.1 Å². The number of amides is 1. The van der Waals surface area contributed by atoms with Crippen LogP contribution in [0.2, 0.25) is 0 Å². The van der Waals surface area contributed by atoms with Gasteiger partial charge in [0.25, 0.3) is 5.91 Å². The molecule has 43 heavy (non-hydrogen) atoms. The Morgan fingerprint density at radius 2 is 1.56 bits per heavy atom. The van der Waals surface area contributed by atoms with E-state index in [0.29, 0.717) is 50.9 Å². The molecule has 0 aliphatic carbocycles. The van der Waals surface area contributed by atoms with Crippen molar-refractivity contribution in [1.82, 2.24) is 14.7 Å². The van der Waals surface area contributed by atoms with Crippen LogP contribution in [0.4, 0.5) is 4.39 Å². The van der Waals surface area contributed by atoms with Crippen LogP contribution in [-0.2, 0) is 29.0 Å². The van der Waals surface area contributed by atoms with Crippen LogP contribution >= 0.6 is 0 Å². The quantitative estimate of drug-likeness (QED) is 0.439. The molecular formula is C35H42FN3O4. The highest BCUT2D eigenvalue weighted by Crippen LogP contribution is 2.26. The Labute approximate surface area is 254 Å². The first-order valence-electron chi connectivity index (χ1n) is 15.6. The van der Waals surface area contributed by atoms with Crippen LogP contribution in [0.1, 0.15) is 45.5 Å². The number of fused-ring (bicyclic) bond motifs is 3. The van der Waals surface area contributed by atoms with E-state index in [1.54, 1.807) is 0 Å². The summed E-state index contributed by atoms with van der Waals surface area (Å²) >= 11 is 0. The summed E-state index contributed by atoms with van der Waals surface area (Å²) in [6.45, 7) is 8.72. The fraction of sp³-hybridized carbons (Fsp3) is 0.457. The molecule has 3 aromatic carbocycles. The third kappa shape index (κ3) is 8.00. The molecule has 2 bridgehead atoms. The SMILES string of the molecule is O=C(c1ccc2c(c1)Cc1cccc(c1)CN(C1CCOCC1)CCOCCO2)N1CCN(Cc2ccc(F)cc2)CC1. The van der Waals surface area contributed by atoms with E-state index in [1.807, 2.05) is 35.2 Å². The second-order valence-electron chi connectivity index (χ2n) is 11.8. The van der Waals surface area contributed by atoms with Crippen molar-refractivity contribution >= 4 is 5.91 Å². The van der Waals surface area contributed by atoms with Gasteiger partial charge >= 0.3 is 0 Å². The topological polar surface area (TPSA) is 54.5 Å². The lowest BCUT2D eigenvalue weighted by Crippen LogP contribution is -2.48. The fourth-order valence-electron chi connectivity index (χ4n) is 6.36. The third-order valence-electron chi connectivity index (χ3n) is 8.77. The molecule has 8 heteroatoms. The molecule has 3 aliphatic rings. The van der Waals surface area contributed by atoms with Crippen molar-refractivity contribution in [3.8, 4) is 5.75 Å². The molecule has 7 nitrogen and oxygen atoms in total. The van der Waals surface area contributed by atoms with Gasteiger partial charge in [-0.3, -0.25) is 14.6 Å². The van der Waals surface area contributed by atoms with Crippen molar-refractivity contribution in [3.63, 3.8) is 0 Å². The molecule has 0 unspecified atom stereocenters. The Kier molecular flexibility index (Phi) is 10.00. The minimum atomic E-state index is -0.220. The zero-order chi connectivity index (χ0) is 29.4. The van der Waals surface area contributed by atoms with Crippen LogP contribution in [0.3, 0.4) is 0 Å². The predicted octanol–water partition coefficient (Wildman–Crippen LogP) is 4.76. The largest absolute Gasteiger partial charge is 0.491 e. The molecule has 3 aromatic rings. The monoisotopic (exact) mass is 587 g/mol. The first kappa shape index (κ1) is 29.8. The van der Waals surface area contributed by atoms with Crippen molar-refractivity contribution in [1.29, 1.82) is 0 Å². The van der Waals surface area contributed by atoms with E-state index < -0.39 is 0 Å². The molecular weight excluding hydrogens is 545 g/mol. The number of hydrogen-bond acceptors (Lipinski definition) is 6. The number of carbonyl (C=O) groups excluding carboxylic acids is 1. The maximum Gasteiger partial charge on any atom is 0.253 e. The summed E-state index contributed by atoms with van der Waals surface area (Å²) in [5.74, 6) is 0.630. The Morgan fingerprint density at radius 1 is 0.791 bits per heavy atom. The summed E-state index contributed by atoms with van der Waals surface area (Å²) in [5, 5.41) is 0. The molecule has 228 valence electrons. The van der Waals surface area contributed by atoms with Crippen LogP contribution < -0.4 is 4.74 Å². The summed E-state index contributed by atoms with van der Waals surface area (Å²) in [6, 6.07) is 21.8. The summed E-state index contributed by atoms with van der Waals surface area (Å²) < 4.78 is 31.1. The number of hydrogen-bond donors (Lipinski definition) is 0. The lowest BCUT2D eigenvalue weighted by molar-refractivity contribution is 0.0133. The van der Waals surface area contributed by atoms with Gasteiger partial charge in [-0.2, -0.15) is 0 Å². The molecule has 3 heterocycles. The lowest BCUT2D eigenvalue weighted by atomic mass is 9.99. The van der Waals surface area contributed by atoms with Crippen molar-refractivity contribution in [2.45, 2.75) is 38.4 Å². The van der Waals surface area contributed by atoms with E-state index in [9.17, 15) is 9.18 Å². The minimum absolute atomic E-state index is 0.0489. The minimum Gasteiger partial charge on any atom is -0.491 e. The smallest absolute Gasteiger partial charge is 0.253 e. The van der Waals surface area contributed by atoms with Crippen molar-refractivity contribution in [3.05, 3.63) is 100 Å². The molecule has 0 atom stereocenters. The Bertz CT molecular complexity index is 1350. The van der Waals surface area contributed by atoms with E-state index in [-0.39, 0.29) is 11.7 Å². The van der Waals surface area contributed by atoms with E-state index in [4.69, 9.17) is 14.2 Å². The van der Waals surface area contributed by atoms with Crippen LogP contribution in [0, 0.1) is 5.82 Å². The van der Waals surface area contributed by atoms with Gasteiger partial charge in [0.1, 0.15) is 18.2 Å². The average molecular weight is 588 g/mol. The second-order valence-corrected chi connectivity index (χ2v) is 11.8. The van der Waals surface area contributed by atoms with Crippen LogP contribution in [0.5, 0.6) is 5.75 Å². The highest BCUT2D eigenvalue weighted by Gasteiger charge is 2.24. The van der Waals surface area contributed by atoms with Gasteiger partial charge in [0, 0.05) is 77.1 Å². The number of halogens is 1. The molecule has 0 spiro atoms. The van der Waals surface area contributed by atoms with Gasteiger partial charge in [-0.15, -0.1) is 0 Å². The highest BCUT2D eigenvalue weighted by atomic mass is 19.1. The highest BCUT2D eigenvalue weighted by molar-refractivity contribution is 5.94. The van der Waals surface area contributed by atoms with Gasteiger partial charge < -0.3 is 19.1 Å². The van der Waals surface area contributed by atoms with E-state index >= 15 is 0 Å². The van der Waals surface area contributed by atoms with Gasteiger partial charge in [-0.05, 0) is 65.4 Å². The van der Waals surface area contributed by atoms with E-state index in [1.165, 1.54) is 23.3 Å². The van der Waals surface area contributed by atoms with Gasteiger partial charge in [-0.1, -0.05) is 36.4 Å². The first-order valence-corrected chi connectivity index (χ1v) is 15.6. The van der Waals surface area contributed by atoms with Gasteiger partial charge in [0.2, 0.25) is 0 Å². The van der Waals surface area contributed by atoms with Gasteiger partial charge in [0.15, 0.2) is 0 Å². The first-order chi connectivity index (χ1) is 21.1. The van der Waals surface area contributed by atoms with Gasteiger partial charge in [0.05, 0.1) is 13.2 Å². The molecule has 0 aromatic heterocycles. The Hall–Kier alpha value is -3.30. The third-order valence-corrected chi connectivity index (χ3v) is 8.77. The normalized spacial score (nSPS) is 19.7. The molecule has 0 saturated carbocycles. The molecule has 3 aliphatic heterocycles. The average Bonchev–Trinajstić information content (AvgIpc) is 3.04.